The summed E-state index contributed by atoms with van der Waals surface area (Å²) in [6.45, 7) is 3.78. The molecule has 0 amide bonds. The molecule has 3 rings (SSSR count). The predicted octanol–water partition coefficient (Wildman–Crippen LogP) is 4.18. The van der Waals surface area contributed by atoms with E-state index in [9.17, 15) is 10.2 Å². The van der Waals surface area contributed by atoms with Crippen molar-refractivity contribution in [2.24, 2.45) is 5.92 Å². The van der Waals surface area contributed by atoms with Crippen LogP contribution in [0.2, 0.25) is 0 Å². The molecule has 5 heteroatoms. The summed E-state index contributed by atoms with van der Waals surface area (Å²) in [6.07, 6.45) is 1.25. The molecule has 2 N–H and O–H groups in total. The molecule has 1 aliphatic rings. The van der Waals surface area contributed by atoms with Crippen LogP contribution in [0.15, 0.2) is 36.4 Å². The van der Waals surface area contributed by atoms with Gasteiger partial charge in [-0.1, -0.05) is 37.3 Å². The summed E-state index contributed by atoms with van der Waals surface area (Å²) in [4.78, 5) is 0. The Morgan fingerprint density at radius 3 is 2.50 bits per heavy atom. The van der Waals surface area contributed by atoms with Crippen LogP contribution in [-0.4, -0.2) is 36.6 Å². The molecule has 0 bridgehead atoms. The molecule has 1 saturated heterocycles. The second kappa shape index (κ2) is 8.84. The van der Waals surface area contributed by atoms with Crippen molar-refractivity contribution >= 4 is 0 Å². The van der Waals surface area contributed by atoms with Crippen molar-refractivity contribution in [2.45, 2.75) is 51.4 Å². The number of aliphatic hydroxyl groups excluding tert-OH is 1. The molecule has 0 spiro atoms. The van der Waals surface area contributed by atoms with Gasteiger partial charge in [-0.25, -0.2) is 0 Å². The van der Waals surface area contributed by atoms with Crippen molar-refractivity contribution in [3.05, 3.63) is 53.1 Å². The summed E-state index contributed by atoms with van der Waals surface area (Å²) in [5.41, 5.74) is 2.57. The lowest BCUT2D eigenvalue weighted by atomic mass is 9.84. The Labute approximate surface area is 166 Å². The van der Waals surface area contributed by atoms with Crippen LogP contribution in [0.3, 0.4) is 0 Å². The molecule has 0 saturated carbocycles. The molecule has 28 heavy (non-hydrogen) atoms. The van der Waals surface area contributed by atoms with E-state index in [-0.39, 0.29) is 17.8 Å². The van der Waals surface area contributed by atoms with Gasteiger partial charge in [-0.15, -0.1) is 0 Å². The predicted molar refractivity (Wildman–Crippen MR) is 108 cm³/mol. The molecule has 1 heterocycles. The first-order chi connectivity index (χ1) is 13.5. The number of phenols is 1. The quantitative estimate of drug-likeness (QED) is 0.780. The molecule has 0 radical (unpaired) electrons. The van der Waals surface area contributed by atoms with Crippen LogP contribution in [0, 0.1) is 12.8 Å². The molecule has 152 valence electrons. The maximum Gasteiger partial charge on any atom is 0.167 e. The summed E-state index contributed by atoms with van der Waals surface area (Å²) in [7, 11) is 3.11. The largest absolute Gasteiger partial charge is 0.504 e. The summed E-state index contributed by atoms with van der Waals surface area (Å²) >= 11 is 0. The third-order valence-corrected chi connectivity index (χ3v) is 5.74. The van der Waals surface area contributed by atoms with Crippen LogP contribution in [0.25, 0.3) is 0 Å². The van der Waals surface area contributed by atoms with Gasteiger partial charge in [-0.3, -0.25) is 0 Å². The molecular weight excluding hydrogens is 356 g/mol. The van der Waals surface area contributed by atoms with Gasteiger partial charge < -0.3 is 24.4 Å². The van der Waals surface area contributed by atoms with Gasteiger partial charge >= 0.3 is 0 Å². The monoisotopic (exact) mass is 386 g/mol. The van der Waals surface area contributed by atoms with Crippen molar-refractivity contribution in [1.29, 1.82) is 0 Å². The summed E-state index contributed by atoms with van der Waals surface area (Å²) in [5.74, 6) is 0.900. The van der Waals surface area contributed by atoms with Crippen LogP contribution >= 0.6 is 0 Å². The van der Waals surface area contributed by atoms with Crippen LogP contribution in [0.4, 0.5) is 0 Å². The zero-order valence-corrected chi connectivity index (χ0v) is 17.0. The number of benzene rings is 2. The van der Waals surface area contributed by atoms with Crippen molar-refractivity contribution in [2.75, 3.05) is 14.2 Å². The second-order valence-corrected chi connectivity index (χ2v) is 7.54. The number of hydrogen-bond acceptors (Lipinski definition) is 5. The normalized spacial score (nSPS) is 24.8. The Morgan fingerprint density at radius 1 is 1.14 bits per heavy atom. The molecule has 0 aromatic heterocycles. The Bertz CT molecular complexity index is 789. The first-order valence-corrected chi connectivity index (χ1v) is 9.78. The second-order valence-electron chi connectivity index (χ2n) is 7.54. The summed E-state index contributed by atoms with van der Waals surface area (Å²) < 4.78 is 17.2. The Kier molecular flexibility index (Phi) is 6.47. The van der Waals surface area contributed by atoms with Gasteiger partial charge in [-0.2, -0.15) is 0 Å². The zero-order valence-electron chi connectivity index (χ0n) is 17.0. The number of aliphatic hydroxyl groups is 1. The fraction of sp³-hybridized carbons (Fsp3) is 0.478. The van der Waals surface area contributed by atoms with Crippen LogP contribution in [0.1, 0.15) is 42.6 Å². The fourth-order valence-corrected chi connectivity index (χ4v) is 4.00. The van der Waals surface area contributed by atoms with E-state index in [1.165, 1.54) is 12.7 Å². The van der Waals surface area contributed by atoms with Crippen LogP contribution < -0.4 is 9.47 Å². The maximum absolute atomic E-state index is 10.8. The lowest BCUT2D eigenvalue weighted by molar-refractivity contribution is -0.135. The number of methoxy groups -OCH3 is 2. The minimum Gasteiger partial charge on any atom is -0.504 e. The molecule has 1 aliphatic heterocycles. The van der Waals surface area contributed by atoms with Crippen molar-refractivity contribution < 1.29 is 24.4 Å². The highest BCUT2D eigenvalue weighted by molar-refractivity contribution is 5.58. The van der Waals surface area contributed by atoms with Gasteiger partial charge in [-0.05, 0) is 37.8 Å². The van der Waals surface area contributed by atoms with E-state index in [0.717, 1.165) is 18.4 Å². The third-order valence-electron chi connectivity index (χ3n) is 5.74. The molecule has 0 aliphatic carbocycles. The average Bonchev–Trinajstić information content (AvgIpc) is 2.70. The van der Waals surface area contributed by atoms with Crippen LogP contribution in [-0.2, 0) is 11.2 Å². The van der Waals surface area contributed by atoms with Gasteiger partial charge in [0.2, 0.25) is 0 Å². The molecule has 5 nitrogen and oxygen atoms in total. The number of hydrogen-bond donors (Lipinski definition) is 2. The van der Waals surface area contributed by atoms with E-state index in [0.29, 0.717) is 23.5 Å². The lowest BCUT2D eigenvalue weighted by Gasteiger charge is -2.39. The molecule has 2 aromatic rings. The van der Waals surface area contributed by atoms with Gasteiger partial charge in [0.1, 0.15) is 5.75 Å². The van der Waals surface area contributed by atoms with Crippen molar-refractivity contribution in [1.82, 2.24) is 0 Å². The molecule has 0 unspecified atom stereocenters. The van der Waals surface area contributed by atoms with E-state index in [1.807, 2.05) is 32.0 Å². The number of ether oxygens (including phenoxy) is 3. The molecular formula is C23H30O5. The SMILES string of the molecule is COc1cc([C@@H]2O[C@H](CCc3ccccc3)C[C@H](O)[C@H]2C)c(O)c(OC)c1C. The number of aryl methyl sites for hydroxylation is 1. The Balaban J connectivity index is 1.85. The zero-order chi connectivity index (χ0) is 20.3. The highest BCUT2D eigenvalue weighted by atomic mass is 16.5. The van der Waals surface area contributed by atoms with Gasteiger partial charge in [0.05, 0.1) is 32.5 Å². The highest BCUT2D eigenvalue weighted by Crippen LogP contribution is 2.47. The first kappa shape index (κ1) is 20.5. The number of aromatic hydroxyl groups is 1. The summed E-state index contributed by atoms with van der Waals surface area (Å²) in [5, 5.41) is 21.4. The molecule has 2 aromatic carbocycles. The maximum atomic E-state index is 10.8. The molecule has 1 fully saturated rings. The fourth-order valence-electron chi connectivity index (χ4n) is 4.00. The molecule has 4 atom stereocenters. The smallest absolute Gasteiger partial charge is 0.167 e. The Morgan fingerprint density at radius 2 is 1.86 bits per heavy atom. The minimum absolute atomic E-state index is 0.0496. The van der Waals surface area contributed by atoms with Gasteiger partial charge in [0.15, 0.2) is 11.5 Å². The van der Waals surface area contributed by atoms with E-state index >= 15 is 0 Å². The van der Waals surface area contributed by atoms with E-state index in [1.54, 1.807) is 13.2 Å². The Hall–Kier alpha value is -2.24. The van der Waals surface area contributed by atoms with Crippen molar-refractivity contribution in [3.63, 3.8) is 0 Å². The van der Waals surface area contributed by atoms with E-state index in [4.69, 9.17) is 14.2 Å². The van der Waals surface area contributed by atoms with Crippen LogP contribution in [0.5, 0.6) is 17.2 Å². The topological polar surface area (TPSA) is 68.2 Å². The lowest BCUT2D eigenvalue weighted by Crippen LogP contribution is -2.38. The number of phenolic OH excluding ortho intramolecular Hbond substituents is 1. The average molecular weight is 386 g/mol. The first-order valence-electron chi connectivity index (χ1n) is 9.78. The summed E-state index contributed by atoms with van der Waals surface area (Å²) in [6, 6.07) is 12.0. The van der Waals surface area contributed by atoms with Gasteiger partial charge in [0, 0.05) is 17.0 Å². The van der Waals surface area contributed by atoms with E-state index in [2.05, 4.69) is 12.1 Å². The third kappa shape index (κ3) is 4.10. The minimum atomic E-state index is -0.503. The number of rotatable bonds is 6. The highest BCUT2D eigenvalue weighted by Gasteiger charge is 2.38. The van der Waals surface area contributed by atoms with Crippen molar-refractivity contribution in [3.8, 4) is 17.2 Å². The van der Waals surface area contributed by atoms with Gasteiger partial charge in [0.25, 0.3) is 0 Å². The van der Waals surface area contributed by atoms with E-state index < -0.39 is 12.2 Å². The standard InChI is InChI=1S/C23H30O5/c1-14-19(24)12-17(11-10-16-8-6-5-7-9-16)28-22(14)18-13-20(26-3)15(2)23(27-4)21(18)25/h5-9,13-14,17,19,22,24-25H,10-12H2,1-4H3/t14-,17-,19+,22-/m1/s1.